The van der Waals surface area contributed by atoms with E-state index in [4.69, 9.17) is 5.73 Å². The number of aryl methyl sites for hydroxylation is 1. The van der Waals surface area contributed by atoms with Crippen LogP contribution >= 0.6 is 0 Å². The van der Waals surface area contributed by atoms with E-state index in [1.165, 1.54) is 0 Å². The Hall–Kier alpha value is -1.16. The highest BCUT2D eigenvalue weighted by atomic mass is 16.1. The van der Waals surface area contributed by atoms with Crippen LogP contribution in [0.15, 0.2) is 12.5 Å². The van der Waals surface area contributed by atoms with E-state index in [2.05, 4.69) is 4.98 Å². The second-order valence-electron chi connectivity index (χ2n) is 4.59. The number of rotatable bonds is 3. The van der Waals surface area contributed by atoms with Gasteiger partial charge in [-0.2, -0.15) is 0 Å². The normalized spacial score (nSPS) is 19.3. The minimum Gasteiger partial charge on any atom is -0.340 e. The third-order valence-corrected chi connectivity index (χ3v) is 3.10. The maximum atomic E-state index is 11.9. The fourth-order valence-electron chi connectivity index (χ4n) is 2.22. The van der Waals surface area contributed by atoms with E-state index in [1.807, 2.05) is 7.05 Å². The number of Topliss-reactive ketones (excluding diaryl/α,β-unsaturated/α-hetero) is 1. The summed E-state index contributed by atoms with van der Waals surface area (Å²) in [5.74, 6) is 0.0694. The lowest BCUT2D eigenvalue weighted by molar-refractivity contribution is 0.0948. The van der Waals surface area contributed by atoms with Crippen LogP contribution in [0.25, 0.3) is 0 Å². The molecule has 2 N–H and O–H groups in total. The Balaban J connectivity index is 2.03. The highest BCUT2D eigenvalue weighted by Crippen LogP contribution is 2.30. The van der Waals surface area contributed by atoms with E-state index in [0.29, 0.717) is 12.1 Å². The number of imidazole rings is 1. The van der Waals surface area contributed by atoms with Gasteiger partial charge in [-0.3, -0.25) is 4.79 Å². The number of hydrogen-bond acceptors (Lipinski definition) is 3. The number of aromatic nitrogens is 2. The SMILES string of the molecule is Cn1cnc(C(=O)CC2(N)CCCC2)c1. The maximum Gasteiger partial charge on any atom is 0.184 e. The topological polar surface area (TPSA) is 60.9 Å². The van der Waals surface area contributed by atoms with Crippen LogP contribution in [0.3, 0.4) is 0 Å². The lowest BCUT2D eigenvalue weighted by Crippen LogP contribution is -2.38. The first kappa shape index (κ1) is 10.4. The molecule has 0 aliphatic heterocycles. The van der Waals surface area contributed by atoms with Crippen molar-refractivity contribution in [3.8, 4) is 0 Å². The van der Waals surface area contributed by atoms with Crippen molar-refractivity contribution in [2.24, 2.45) is 12.8 Å². The van der Waals surface area contributed by atoms with Crippen molar-refractivity contribution < 1.29 is 4.79 Å². The van der Waals surface area contributed by atoms with Crippen LogP contribution in [0.1, 0.15) is 42.6 Å². The second kappa shape index (κ2) is 3.77. The van der Waals surface area contributed by atoms with E-state index < -0.39 is 0 Å². The molecule has 82 valence electrons. The molecule has 0 atom stereocenters. The predicted octanol–water partition coefficient (Wildman–Crippen LogP) is 1.26. The first-order valence-electron chi connectivity index (χ1n) is 5.39. The molecule has 1 aliphatic rings. The molecule has 0 aromatic carbocycles. The zero-order valence-corrected chi connectivity index (χ0v) is 9.07. The lowest BCUT2D eigenvalue weighted by atomic mass is 9.91. The summed E-state index contributed by atoms with van der Waals surface area (Å²) < 4.78 is 1.78. The summed E-state index contributed by atoms with van der Waals surface area (Å²) in [4.78, 5) is 15.9. The van der Waals surface area contributed by atoms with Crippen LogP contribution in [-0.2, 0) is 7.05 Å². The van der Waals surface area contributed by atoms with Crippen LogP contribution in [0, 0.1) is 0 Å². The van der Waals surface area contributed by atoms with Gasteiger partial charge in [0.2, 0.25) is 0 Å². The molecule has 1 aromatic heterocycles. The quantitative estimate of drug-likeness (QED) is 0.759. The molecular formula is C11H17N3O. The number of carbonyl (C=O) groups excluding carboxylic acids is 1. The van der Waals surface area contributed by atoms with Crippen LogP contribution in [0.5, 0.6) is 0 Å². The van der Waals surface area contributed by atoms with Gasteiger partial charge in [0.1, 0.15) is 5.69 Å². The molecule has 0 saturated heterocycles. The molecule has 4 nitrogen and oxygen atoms in total. The third kappa shape index (κ3) is 2.26. The molecule has 1 saturated carbocycles. The molecule has 2 rings (SSSR count). The number of carbonyl (C=O) groups is 1. The van der Waals surface area contributed by atoms with Crippen LogP contribution in [-0.4, -0.2) is 20.9 Å². The molecule has 0 unspecified atom stereocenters. The highest BCUT2D eigenvalue weighted by Gasteiger charge is 2.32. The molecule has 0 radical (unpaired) electrons. The van der Waals surface area contributed by atoms with E-state index in [-0.39, 0.29) is 11.3 Å². The summed E-state index contributed by atoms with van der Waals surface area (Å²) in [6.07, 6.45) is 8.05. The van der Waals surface area contributed by atoms with Crippen molar-refractivity contribution in [3.05, 3.63) is 18.2 Å². The highest BCUT2D eigenvalue weighted by molar-refractivity contribution is 5.94. The summed E-state index contributed by atoms with van der Waals surface area (Å²) in [5.41, 5.74) is 6.42. The van der Waals surface area contributed by atoms with Gasteiger partial charge in [0.25, 0.3) is 0 Å². The van der Waals surface area contributed by atoms with Crippen molar-refractivity contribution in [1.82, 2.24) is 9.55 Å². The predicted molar refractivity (Wildman–Crippen MR) is 57.5 cm³/mol. The van der Waals surface area contributed by atoms with Gasteiger partial charge in [-0.25, -0.2) is 4.98 Å². The fourth-order valence-corrected chi connectivity index (χ4v) is 2.22. The van der Waals surface area contributed by atoms with E-state index in [1.54, 1.807) is 17.1 Å². The molecule has 1 heterocycles. The summed E-state index contributed by atoms with van der Waals surface area (Å²) in [6.45, 7) is 0. The molecule has 1 aromatic rings. The molecule has 4 heteroatoms. The standard InChI is InChI=1S/C11H17N3O/c1-14-7-9(13-8-14)10(15)6-11(12)4-2-3-5-11/h7-8H,2-6,12H2,1H3. The van der Waals surface area contributed by atoms with E-state index in [9.17, 15) is 4.79 Å². The van der Waals surface area contributed by atoms with Gasteiger partial charge in [0.15, 0.2) is 5.78 Å². The molecule has 0 amide bonds. The van der Waals surface area contributed by atoms with Crippen LogP contribution < -0.4 is 5.73 Å². The summed E-state index contributed by atoms with van der Waals surface area (Å²) in [7, 11) is 1.86. The monoisotopic (exact) mass is 207 g/mol. The van der Waals surface area contributed by atoms with Gasteiger partial charge in [0, 0.05) is 25.2 Å². The van der Waals surface area contributed by atoms with Gasteiger partial charge >= 0.3 is 0 Å². The van der Waals surface area contributed by atoms with Gasteiger partial charge < -0.3 is 10.3 Å². The second-order valence-corrected chi connectivity index (χ2v) is 4.59. The van der Waals surface area contributed by atoms with Gasteiger partial charge in [-0.05, 0) is 12.8 Å². The molecule has 1 aliphatic carbocycles. The molecule has 1 fully saturated rings. The number of nitrogens with zero attached hydrogens (tertiary/aromatic N) is 2. The molecule has 15 heavy (non-hydrogen) atoms. The van der Waals surface area contributed by atoms with Gasteiger partial charge in [-0.1, -0.05) is 12.8 Å². The van der Waals surface area contributed by atoms with Crippen LogP contribution in [0.2, 0.25) is 0 Å². The average molecular weight is 207 g/mol. The van der Waals surface area contributed by atoms with Gasteiger partial charge in [0.05, 0.1) is 6.33 Å². The summed E-state index contributed by atoms with van der Waals surface area (Å²) >= 11 is 0. The number of ketones is 1. The van der Waals surface area contributed by atoms with Crippen molar-refractivity contribution >= 4 is 5.78 Å². The Labute approximate surface area is 89.5 Å². The Morgan fingerprint density at radius 2 is 2.27 bits per heavy atom. The maximum absolute atomic E-state index is 11.9. The minimum absolute atomic E-state index is 0.0694. The first-order chi connectivity index (χ1) is 7.09. The van der Waals surface area contributed by atoms with Gasteiger partial charge in [-0.15, -0.1) is 0 Å². The van der Waals surface area contributed by atoms with Crippen molar-refractivity contribution in [2.75, 3.05) is 0 Å². The minimum atomic E-state index is -0.269. The van der Waals surface area contributed by atoms with E-state index in [0.717, 1.165) is 25.7 Å². The first-order valence-corrected chi connectivity index (χ1v) is 5.39. The molecule has 0 bridgehead atoms. The average Bonchev–Trinajstić information content (AvgIpc) is 2.75. The van der Waals surface area contributed by atoms with Crippen molar-refractivity contribution in [3.63, 3.8) is 0 Å². The summed E-state index contributed by atoms with van der Waals surface area (Å²) in [6, 6.07) is 0. The lowest BCUT2D eigenvalue weighted by Gasteiger charge is -2.21. The fraction of sp³-hybridized carbons (Fsp3) is 0.636. The largest absolute Gasteiger partial charge is 0.340 e. The number of nitrogens with two attached hydrogens (primary N) is 1. The third-order valence-electron chi connectivity index (χ3n) is 3.10. The van der Waals surface area contributed by atoms with Crippen molar-refractivity contribution in [1.29, 1.82) is 0 Å². The van der Waals surface area contributed by atoms with E-state index >= 15 is 0 Å². The van der Waals surface area contributed by atoms with Crippen molar-refractivity contribution in [2.45, 2.75) is 37.6 Å². The van der Waals surface area contributed by atoms with Crippen LogP contribution in [0.4, 0.5) is 0 Å². The zero-order valence-electron chi connectivity index (χ0n) is 9.07. The smallest absolute Gasteiger partial charge is 0.184 e. The number of hydrogen-bond donors (Lipinski definition) is 1. The Morgan fingerprint density at radius 3 is 2.80 bits per heavy atom. The zero-order chi connectivity index (χ0) is 10.9. The Bertz CT molecular complexity index is 364. The Morgan fingerprint density at radius 1 is 1.60 bits per heavy atom. The molecule has 0 spiro atoms. The molecular weight excluding hydrogens is 190 g/mol. The summed E-state index contributed by atoms with van der Waals surface area (Å²) in [5, 5.41) is 0. The Kier molecular flexibility index (Phi) is 2.61.